The van der Waals surface area contributed by atoms with Crippen LogP contribution < -0.4 is 40.0 Å². The number of rotatable bonds is 3. The number of hydrogen-bond acceptors (Lipinski definition) is 7. The van der Waals surface area contributed by atoms with Crippen molar-refractivity contribution in [2.75, 3.05) is 12.4 Å². The molecule has 1 saturated heterocycles. The number of β-lactam (4-membered cyclic amide) rings is 1. The molecule has 1 fully saturated rings. The molecule has 0 aromatic heterocycles. The first-order chi connectivity index (χ1) is 10.2. The van der Waals surface area contributed by atoms with E-state index in [9.17, 15) is 24.6 Å². The van der Waals surface area contributed by atoms with Gasteiger partial charge in [-0.15, -0.1) is 11.8 Å². The maximum atomic E-state index is 12.1. The van der Waals surface area contributed by atoms with E-state index in [2.05, 4.69) is 5.32 Å². The summed E-state index contributed by atoms with van der Waals surface area (Å²) in [4.78, 5) is 36.1. The van der Waals surface area contributed by atoms with Crippen LogP contribution in [0, 0.1) is 0 Å². The molecule has 2 aliphatic rings. The molecule has 0 aliphatic carbocycles. The molecule has 0 unspecified atom stereocenters. The summed E-state index contributed by atoms with van der Waals surface area (Å²) in [6, 6.07) is -0.852. The molecule has 0 aromatic rings. The molecular weight excluding hydrogens is 335 g/mol. The largest absolute Gasteiger partial charge is 1.00 e. The van der Waals surface area contributed by atoms with E-state index >= 15 is 0 Å². The second kappa shape index (κ2) is 7.43. The van der Waals surface area contributed by atoms with E-state index in [0.29, 0.717) is 0 Å². The Hall–Kier alpha value is -0.740. The maximum Gasteiger partial charge on any atom is 1.00 e. The standard InChI is InChI=1S/C13H18N2O6S.Na/c1-13(2,3)21-12(20)14-7-9(17)15-8(11(18)19)6(4-16)5-22-10(7)15;/h7,10,16H,4-5H2,1-3H3,(H,14,20)(H,18,19);/q;+1/p-1/t7-,10-;/m1./s1. The van der Waals surface area contributed by atoms with Crippen LogP contribution in [0.5, 0.6) is 0 Å². The van der Waals surface area contributed by atoms with Crippen LogP contribution in [0.15, 0.2) is 11.3 Å². The van der Waals surface area contributed by atoms with Gasteiger partial charge >= 0.3 is 35.7 Å². The van der Waals surface area contributed by atoms with E-state index in [1.54, 1.807) is 20.8 Å². The Bertz CT molecular complexity index is 559. The molecule has 0 saturated carbocycles. The molecule has 2 atom stereocenters. The molecule has 23 heavy (non-hydrogen) atoms. The van der Waals surface area contributed by atoms with E-state index in [0.717, 1.165) is 4.90 Å². The van der Waals surface area contributed by atoms with Gasteiger partial charge in [-0.05, 0) is 26.3 Å². The first kappa shape index (κ1) is 20.3. The fourth-order valence-corrected chi connectivity index (χ4v) is 3.56. The number of amides is 2. The SMILES string of the molecule is CC(C)(C)OC(=O)N[C@@H]1C(=O)N2C(C(=O)[O-])=C(CO)CS[C@H]12.[Na+]. The van der Waals surface area contributed by atoms with E-state index in [-0.39, 0.29) is 46.6 Å². The monoisotopic (exact) mass is 352 g/mol. The molecule has 2 heterocycles. The zero-order chi connectivity index (χ0) is 16.7. The Balaban J connectivity index is 0.00000264. The predicted octanol–water partition coefficient (Wildman–Crippen LogP) is -4.20. The van der Waals surface area contributed by atoms with Crippen LogP contribution in [0.2, 0.25) is 0 Å². The van der Waals surface area contributed by atoms with Crippen LogP contribution in [0.4, 0.5) is 4.79 Å². The number of hydrogen-bond donors (Lipinski definition) is 2. The zero-order valence-electron chi connectivity index (χ0n) is 13.4. The number of carboxylic acids is 1. The predicted molar refractivity (Wildman–Crippen MR) is 75.4 cm³/mol. The summed E-state index contributed by atoms with van der Waals surface area (Å²) in [5.74, 6) is -1.83. The number of aliphatic hydroxyl groups is 1. The second-order valence-electron chi connectivity index (χ2n) is 5.93. The number of ether oxygens (including phenoxy) is 1. The van der Waals surface area contributed by atoms with Gasteiger partial charge in [-0.3, -0.25) is 9.69 Å². The summed E-state index contributed by atoms with van der Waals surface area (Å²) in [7, 11) is 0. The number of fused-ring (bicyclic) bond motifs is 1. The van der Waals surface area contributed by atoms with E-state index in [1.807, 2.05) is 0 Å². The van der Waals surface area contributed by atoms with Gasteiger partial charge in [0.1, 0.15) is 17.0 Å². The smallest absolute Gasteiger partial charge is 0.543 e. The molecule has 0 aromatic carbocycles. The fourth-order valence-electron chi connectivity index (χ4n) is 2.23. The number of aliphatic hydroxyl groups excluding tert-OH is 1. The van der Waals surface area contributed by atoms with E-state index < -0.39 is 41.6 Å². The van der Waals surface area contributed by atoms with Crippen molar-refractivity contribution in [3.8, 4) is 0 Å². The molecule has 2 N–H and O–H groups in total. The molecule has 2 amide bonds. The van der Waals surface area contributed by atoms with Crippen molar-refractivity contribution in [1.82, 2.24) is 10.2 Å². The third-order valence-electron chi connectivity index (χ3n) is 3.10. The molecule has 0 radical (unpaired) electrons. The number of carbonyl (C=O) groups is 3. The number of alkyl carbamates (subject to hydrolysis) is 1. The van der Waals surface area contributed by atoms with Crippen LogP contribution in [-0.4, -0.2) is 57.4 Å². The minimum atomic E-state index is -1.52. The minimum absolute atomic E-state index is 0. The molecule has 122 valence electrons. The number of aliphatic carboxylic acids is 1. The van der Waals surface area contributed by atoms with Crippen LogP contribution in [0.1, 0.15) is 20.8 Å². The minimum Gasteiger partial charge on any atom is -0.543 e. The normalized spacial score (nSPS) is 23.5. The first-order valence-electron chi connectivity index (χ1n) is 6.64. The molecule has 0 bridgehead atoms. The van der Waals surface area contributed by atoms with Crippen molar-refractivity contribution in [2.45, 2.75) is 37.8 Å². The maximum absolute atomic E-state index is 12.1. The molecular formula is C13H17N2NaO6S. The number of nitrogens with one attached hydrogen (secondary N) is 1. The van der Waals surface area contributed by atoms with Gasteiger partial charge in [-0.25, -0.2) is 4.79 Å². The number of carbonyl (C=O) groups excluding carboxylic acids is 3. The average Bonchev–Trinajstić information content (AvgIpc) is 2.40. The summed E-state index contributed by atoms with van der Waals surface area (Å²) >= 11 is 1.26. The fraction of sp³-hybridized carbons (Fsp3) is 0.615. The average molecular weight is 352 g/mol. The number of carboxylic acid groups (broad SMARTS) is 1. The number of thioether (sulfide) groups is 1. The van der Waals surface area contributed by atoms with Crippen molar-refractivity contribution >= 4 is 29.7 Å². The van der Waals surface area contributed by atoms with Gasteiger partial charge in [-0.2, -0.15) is 0 Å². The molecule has 2 rings (SSSR count). The summed E-state index contributed by atoms with van der Waals surface area (Å²) in [6.45, 7) is 4.63. The van der Waals surface area contributed by atoms with Crippen molar-refractivity contribution in [2.24, 2.45) is 0 Å². The van der Waals surface area contributed by atoms with E-state index in [4.69, 9.17) is 4.74 Å². The van der Waals surface area contributed by atoms with Gasteiger partial charge in [0, 0.05) is 5.75 Å². The first-order valence-corrected chi connectivity index (χ1v) is 7.69. The van der Waals surface area contributed by atoms with Crippen molar-refractivity contribution in [3.05, 3.63) is 11.3 Å². The van der Waals surface area contributed by atoms with Gasteiger partial charge in [0.15, 0.2) is 0 Å². The summed E-state index contributed by atoms with van der Waals surface area (Å²) < 4.78 is 5.08. The van der Waals surface area contributed by atoms with Gasteiger partial charge in [-0.1, -0.05) is 0 Å². The van der Waals surface area contributed by atoms with Gasteiger partial charge < -0.3 is 25.1 Å². The van der Waals surface area contributed by atoms with Gasteiger partial charge in [0.25, 0.3) is 5.91 Å². The molecule has 8 nitrogen and oxygen atoms in total. The van der Waals surface area contributed by atoms with Crippen LogP contribution in [0.3, 0.4) is 0 Å². The van der Waals surface area contributed by atoms with E-state index in [1.165, 1.54) is 11.8 Å². The Kier molecular flexibility index (Phi) is 6.56. The van der Waals surface area contributed by atoms with Gasteiger partial charge in [0.2, 0.25) is 0 Å². The summed E-state index contributed by atoms with van der Waals surface area (Å²) in [6.07, 6.45) is -0.738. The molecule has 10 heteroatoms. The third-order valence-corrected chi connectivity index (χ3v) is 4.44. The van der Waals surface area contributed by atoms with Crippen molar-refractivity contribution in [3.63, 3.8) is 0 Å². The Morgan fingerprint density at radius 1 is 1.48 bits per heavy atom. The Morgan fingerprint density at radius 2 is 2.09 bits per heavy atom. The summed E-state index contributed by atoms with van der Waals surface area (Å²) in [5.41, 5.74) is -0.778. The quantitative estimate of drug-likeness (QED) is 0.390. The second-order valence-corrected chi connectivity index (χ2v) is 7.04. The Morgan fingerprint density at radius 3 is 2.57 bits per heavy atom. The van der Waals surface area contributed by atoms with Crippen molar-refractivity contribution < 1.29 is 58.9 Å². The molecule has 2 aliphatic heterocycles. The third kappa shape index (κ3) is 4.21. The van der Waals surface area contributed by atoms with Crippen LogP contribution in [0.25, 0.3) is 0 Å². The van der Waals surface area contributed by atoms with Crippen molar-refractivity contribution in [1.29, 1.82) is 0 Å². The van der Waals surface area contributed by atoms with Crippen LogP contribution in [-0.2, 0) is 14.3 Å². The van der Waals surface area contributed by atoms with Crippen LogP contribution >= 0.6 is 11.8 Å². The summed E-state index contributed by atoms with van der Waals surface area (Å²) in [5, 5.41) is 22.3. The van der Waals surface area contributed by atoms with Gasteiger partial charge in [0.05, 0.1) is 18.3 Å². The zero-order valence-corrected chi connectivity index (χ0v) is 16.2. The topological polar surface area (TPSA) is 119 Å². The Labute approximate surface area is 159 Å². The molecule has 0 spiro atoms. The number of nitrogens with zero attached hydrogens (tertiary/aromatic N) is 1.